The molecule has 0 rings (SSSR count). The molecular weight excluding hydrogens is 188 g/mol. The van der Waals surface area contributed by atoms with Crippen molar-refractivity contribution in [1.82, 2.24) is 5.32 Å². The minimum absolute atomic E-state index is 0.224. The topological polar surface area (TPSA) is 55.1 Å². The van der Waals surface area contributed by atoms with Gasteiger partial charge in [0.1, 0.15) is 0 Å². The maximum atomic E-state index is 10.5. The van der Waals surface area contributed by atoms with Gasteiger partial charge in [0.05, 0.1) is 0 Å². The van der Waals surface area contributed by atoms with Gasteiger partial charge in [0.25, 0.3) is 0 Å². The fourth-order valence-electron chi connectivity index (χ4n) is 1.60. The van der Waals surface area contributed by atoms with Crippen molar-refractivity contribution in [2.75, 3.05) is 6.54 Å². The highest BCUT2D eigenvalue weighted by molar-refractivity contribution is 5.73. The van der Waals surface area contributed by atoms with Gasteiger partial charge in [0.15, 0.2) is 0 Å². The van der Waals surface area contributed by atoms with Crippen LogP contribution in [0.5, 0.6) is 0 Å². The first kappa shape index (κ1) is 14.4. The molecule has 0 aliphatic heterocycles. The highest BCUT2D eigenvalue weighted by Gasteiger charge is 2.01. The number of unbranched alkanes of at least 4 members (excludes halogenated alkanes) is 4. The maximum absolute atomic E-state index is 10.5. The molecule has 0 aromatic carbocycles. The summed E-state index contributed by atoms with van der Waals surface area (Å²) in [6.07, 6.45) is 8.25. The summed E-state index contributed by atoms with van der Waals surface area (Å²) in [6, 6.07) is 0.506. The lowest BCUT2D eigenvalue weighted by Gasteiger charge is -2.12. The van der Waals surface area contributed by atoms with E-state index in [4.69, 9.17) is 5.73 Å². The third-order valence-corrected chi connectivity index (χ3v) is 2.60. The lowest BCUT2D eigenvalue weighted by molar-refractivity contribution is -0.117. The summed E-state index contributed by atoms with van der Waals surface area (Å²) in [5, 5.41) is 3.30. The van der Waals surface area contributed by atoms with E-state index < -0.39 is 0 Å². The zero-order valence-electron chi connectivity index (χ0n) is 10.2. The Balaban J connectivity index is 3.18. The quantitative estimate of drug-likeness (QED) is 0.548. The molecule has 0 heterocycles. The Bertz CT molecular complexity index is 160. The van der Waals surface area contributed by atoms with Crippen LogP contribution in [0.2, 0.25) is 0 Å². The predicted octanol–water partition coefficient (Wildman–Crippen LogP) is 2.20. The fraction of sp³-hybridized carbons (Fsp3) is 0.917. The number of amides is 1. The standard InChI is InChI=1S/C12H26N2O/c1-3-4-5-6-7-8-11(2)14-10-9-12(13)15/h11,14H,3-10H2,1-2H3,(H2,13,15). The Kier molecular flexibility index (Phi) is 9.59. The van der Waals surface area contributed by atoms with E-state index >= 15 is 0 Å². The number of nitrogens with one attached hydrogen (secondary N) is 1. The summed E-state index contributed by atoms with van der Waals surface area (Å²) in [4.78, 5) is 10.5. The van der Waals surface area contributed by atoms with E-state index in [1.54, 1.807) is 0 Å². The molecule has 0 aliphatic rings. The molecule has 0 aromatic rings. The van der Waals surface area contributed by atoms with Crippen molar-refractivity contribution in [3.8, 4) is 0 Å². The molecule has 0 aliphatic carbocycles. The Labute approximate surface area is 93.8 Å². The molecule has 0 radical (unpaired) electrons. The summed E-state index contributed by atoms with van der Waals surface area (Å²) in [7, 11) is 0. The second-order valence-corrected chi connectivity index (χ2v) is 4.27. The average molecular weight is 214 g/mol. The first-order valence-corrected chi connectivity index (χ1v) is 6.18. The Morgan fingerprint density at radius 2 is 1.93 bits per heavy atom. The van der Waals surface area contributed by atoms with Gasteiger partial charge in [-0.2, -0.15) is 0 Å². The first-order valence-electron chi connectivity index (χ1n) is 6.18. The van der Waals surface area contributed by atoms with Crippen molar-refractivity contribution in [2.45, 2.75) is 64.8 Å². The van der Waals surface area contributed by atoms with Gasteiger partial charge in [-0.3, -0.25) is 4.79 Å². The second-order valence-electron chi connectivity index (χ2n) is 4.27. The smallest absolute Gasteiger partial charge is 0.218 e. The molecule has 1 unspecified atom stereocenters. The van der Waals surface area contributed by atoms with Gasteiger partial charge in [-0.1, -0.05) is 39.0 Å². The van der Waals surface area contributed by atoms with Crippen LogP contribution in [0.25, 0.3) is 0 Å². The molecule has 0 saturated carbocycles. The largest absolute Gasteiger partial charge is 0.370 e. The third-order valence-electron chi connectivity index (χ3n) is 2.60. The first-order chi connectivity index (χ1) is 7.16. The van der Waals surface area contributed by atoms with Gasteiger partial charge in [-0.05, 0) is 13.3 Å². The number of rotatable bonds is 10. The molecule has 1 amide bonds. The monoisotopic (exact) mass is 214 g/mol. The molecular formula is C12H26N2O. The molecule has 3 N–H and O–H groups in total. The Morgan fingerprint density at radius 3 is 2.53 bits per heavy atom. The van der Waals surface area contributed by atoms with Gasteiger partial charge < -0.3 is 11.1 Å². The Morgan fingerprint density at radius 1 is 1.27 bits per heavy atom. The summed E-state index contributed by atoms with van der Waals surface area (Å²) in [5.41, 5.74) is 5.05. The second kappa shape index (κ2) is 9.97. The molecule has 1 atom stereocenters. The number of carbonyl (C=O) groups excluding carboxylic acids is 1. The van der Waals surface area contributed by atoms with Crippen LogP contribution in [0.4, 0.5) is 0 Å². The maximum Gasteiger partial charge on any atom is 0.218 e. The van der Waals surface area contributed by atoms with Crippen LogP contribution in [0.3, 0.4) is 0 Å². The van der Waals surface area contributed by atoms with E-state index in [1.807, 2.05) is 0 Å². The van der Waals surface area contributed by atoms with Crippen LogP contribution in [-0.4, -0.2) is 18.5 Å². The molecule has 3 heteroatoms. The number of hydrogen-bond donors (Lipinski definition) is 2. The van der Waals surface area contributed by atoms with Gasteiger partial charge in [-0.25, -0.2) is 0 Å². The zero-order chi connectivity index (χ0) is 11.5. The SMILES string of the molecule is CCCCCCCC(C)NCCC(N)=O. The van der Waals surface area contributed by atoms with Gasteiger partial charge in [0.2, 0.25) is 5.91 Å². The fourth-order valence-corrected chi connectivity index (χ4v) is 1.60. The van der Waals surface area contributed by atoms with Gasteiger partial charge >= 0.3 is 0 Å². The van der Waals surface area contributed by atoms with Crippen LogP contribution in [0.1, 0.15) is 58.8 Å². The number of primary amides is 1. The molecule has 0 fully saturated rings. The molecule has 0 spiro atoms. The average Bonchev–Trinajstić information content (AvgIpc) is 2.17. The van der Waals surface area contributed by atoms with E-state index in [-0.39, 0.29) is 5.91 Å². The van der Waals surface area contributed by atoms with E-state index in [2.05, 4.69) is 19.2 Å². The van der Waals surface area contributed by atoms with E-state index in [1.165, 1.54) is 38.5 Å². The van der Waals surface area contributed by atoms with E-state index in [9.17, 15) is 4.79 Å². The van der Waals surface area contributed by atoms with Crippen molar-refractivity contribution in [3.63, 3.8) is 0 Å². The third kappa shape index (κ3) is 11.4. The molecule has 15 heavy (non-hydrogen) atoms. The van der Waals surface area contributed by atoms with E-state index in [0.29, 0.717) is 19.0 Å². The van der Waals surface area contributed by atoms with Gasteiger partial charge in [0, 0.05) is 19.0 Å². The summed E-state index contributed by atoms with van der Waals surface area (Å²) in [6.45, 7) is 5.11. The number of hydrogen-bond acceptors (Lipinski definition) is 2. The number of carbonyl (C=O) groups is 1. The lowest BCUT2D eigenvalue weighted by Crippen LogP contribution is -2.29. The molecule has 0 bridgehead atoms. The minimum Gasteiger partial charge on any atom is -0.370 e. The summed E-state index contributed by atoms with van der Waals surface area (Å²) in [5.74, 6) is -0.224. The molecule has 90 valence electrons. The van der Waals surface area contributed by atoms with Crippen molar-refractivity contribution in [1.29, 1.82) is 0 Å². The number of nitrogens with two attached hydrogens (primary N) is 1. The van der Waals surface area contributed by atoms with E-state index in [0.717, 1.165) is 0 Å². The zero-order valence-corrected chi connectivity index (χ0v) is 10.2. The van der Waals surface area contributed by atoms with Crippen LogP contribution in [0.15, 0.2) is 0 Å². The van der Waals surface area contributed by atoms with Crippen LogP contribution in [0, 0.1) is 0 Å². The van der Waals surface area contributed by atoms with Gasteiger partial charge in [-0.15, -0.1) is 0 Å². The Hall–Kier alpha value is -0.570. The van der Waals surface area contributed by atoms with Crippen molar-refractivity contribution >= 4 is 5.91 Å². The van der Waals surface area contributed by atoms with Crippen LogP contribution in [-0.2, 0) is 4.79 Å². The summed E-state index contributed by atoms with van der Waals surface area (Å²) < 4.78 is 0. The van der Waals surface area contributed by atoms with Crippen molar-refractivity contribution in [3.05, 3.63) is 0 Å². The molecule has 0 saturated heterocycles. The van der Waals surface area contributed by atoms with Crippen LogP contribution >= 0.6 is 0 Å². The predicted molar refractivity (Wildman–Crippen MR) is 64.7 cm³/mol. The minimum atomic E-state index is -0.224. The van der Waals surface area contributed by atoms with Crippen molar-refractivity contribution in [2.24, 2.45) is 5.73 Å². The van der Waals surface area contributed by atoms with Crippen LogP contribution < -0.4 is 11.1 Å². The molecule has 0 aromatic heterocycles. The lowest BCUT2D eigenvalue weighted by atomic mass is 10.1. The normalized spacial score (nSPS) is 12.7. The highest BCUT2D eigenvalue weighted by Crippen LogP contribution is 2.06. The van der Waals surface area contributed by atoms with Crippen molar-refractivity contribution < 1.29 is 4.79 Å². The molecule has 3 nitrogen and oxygen atoms in total. The highest BCUT2D eigenvalue weighted by atomic mass is 16.1. The summed E-state index contributed by atoms with van der Waals surface area (Å²) >= 11 is 0.